The van der Waals surface area contributed by atoms with Crippen LogP contribution < -0.4 is 5.32 Å². The quantitative estimate of drug-likeness (QED) is 0.642. The number of aliphatic carboxylic acids is 1. The van der Waals surface area contributed by atoms with Gasteiger partial charge in [0.25, 0.3) is 6.43 Å². The Balaban J connectivity index is 2.29. The van der Waals surface area contributed by atoms with Gasteiger partial charge in [0.1, 0.15) is 6.61 Å². The van der Waals surface area contributed by atoms with Crippen molar-refractivity contribution in [2.45, 2.75) is 25.7 Å². The first kappa shape index (κ1) is 16.8. The van der Waals surface area contributed by atoms with Crippen LogP contribution >= 0.6 is 0 Å². The Morgan fingerprint density at radius 3 is 2.55 bits per heavy atom. The molecule has 0 spiro atoms. The monoisotopic (exact) mass is 295 g/mol. The minimum Gasteiger partial charge on any atom is -0.481 e. The Bertz CT molecular complexity index is 332. The molecule has 0 aromatic heterocycles. The standard InChI is InChI=1S/C12H19F2NO5/c13-9(14)7-20-4-1-10(16)15-8-12(11(17)18)2-5-19-6-3-12/h9H,1-8H2,(H,15,16)(H,17,18). The summed E-state index contributed by atoms with van der Waals surface area (Å²) in [5.74, 6) is -1.37. The molecule has 0 bridgehead atoms. The van der Waals surface area contributed by atoms with Gasteiger partial charge in [-0.25, -0.2) is 8.78 Å². The molecular weight excluding hydrogens is 276 g/mol. The van der Waals surface area contributed by atoms with Crippen LogP contribution in [0.1, 0.15) is 19.3 Å². The lowest BCUT2D eigenvalue weighted by molar-refractivity contribution is -0.154. The predicted molar refractivity (Wildman–Crippen MR) is 64.6 cm³/mol. The summed E-state index contributed by atoms with van der Waals surface area (Å²) in [7, 11) is 0. The van der Waals surface area contributed by atoms with Crippen molar-refractivity contribution >= 4 is 11.9 Å². The lowest BCUT2D eigenvalue weighted by Crippen LogP contribution is -2.46. The number of nitrogens with one attached hydrogen (secondary N) is 1. The number of hydrogen-bond donors (Lipinski definition) is 2. The molecule has 1 aliphatic heterocycles. The second-order valence-corrected chi connectivity index (χ2v) is 4.69. The molecule has 0 aliphatic carbocycles. The summed E-state index contributed by atoms with van der Waals surface area (Å²) in [4.78, 5) is 22.8. The van der Waals surface area contributed by atoms with E-state index in [1.807, 2.05) is 0 Å². The highest BCUT2D eigenvalue weighted by molar-refractivity contribution is 5.79. The molecule has 1 amide bonds. The van der Waals surface area contributed by atoms with Crippen LogP contribution in [-0.2, 0) is 19.1 Å². The first-order chi connectivity index (χ1) is 9.46. The summed E-state index contributed by atoms with van der Waals surface area (Å²) in [5.41, 5.74) is -1.00. The molecule has 0 atom stereocenters. The zero-order valence-electron chi connectivity index (χ0n) is 11.1. The van der Waals surface area contributed by atoms with Gasteiger partial charge in [-0.15, -0.1) is 0 Å². The minimum atomic E-state index is -2.56. The number of carboxylic acids is 1. The lowest BCUT2D eigenvalue weighted by Gasteiger charge is -2.33. The summed E-state index contributed by atoms with van der Waals surface area (Å²) in [6, 6.07) is 0. The zero-order valence-corrected chi connectivity index (χ0v) is 11.1. The third-order valence-electron chi connectivity index (χ3n) is 3.24. The van der Waals surface area contributed by atoms with Crippen molar-refractivity contribution in [3.05, 3.63) is 0 Å². The average molecular weight is 295 g/mol. The van der Waals surface area contributed by atoms with Gasteiger partial charge in [0, 0.05) is 26.2 Å². The summed E-state index contributed by atoms with van der Waals surface area (Å²) < 4.78 is 33.3. The predicted octanol–water partition coefficient (Wildman–Crippen LogP) is 0.656. The smallest absolute Gasteiger partial charge is 0.311 e. The Hall–Kier alpha value is -1.28. The van der Waals surface area contributed by atoms with Gasteiger partial charge < -0.3 is 19.9 Å². The Morgan fingerprint density at radius 1 is 1.35 bits per heavy atom. The van der Waals surface area contributed by atoms with Crippen molar-refractivity contribution in [1.82, 2.24) is 5.32 Å². The van der Waals surface area contributed by atoms with Crippen LogP contribution in [0.4, 0.5) is 8.78 Å². The van der Waals surface area contributed by atoms with Crippen LogP contribution in [0.5, 0.6) is 0 Å². The Labute approximate surface area is 115 Å². The maximum Gasteiger partial charge on any atom is 0.311 e. The van der Waals surface area contributed by atoms with Gasteiger partial charge in [-0.1, -0.05) is 0 Å². The van der Waals surface area contributed by atoms with Gasteiger partial charge in [-0.2, -0.15) is 0 Å². The summed E-state index contributed by atoms with van der Waals surface area (Å²) >= 11 is 0. The van der Waals surface area contributed by atoms with Crippen molar-refractivity contribution in [3.8, 4) is 0 Å². The van der Waals surface area contributed by atoms with E-state index in [1.165, 1.54) is 0 Å². The van der Waals surface area contributed by atoms with Crippen molar-refractivity contribution < 1.29 is 33.0 Å². The maximum absolute atomic E-state index is 11.8. The van der Waals surface area contributed by atoms with Gasteiger partial charge in [0.05, 0.1) is 12.0 Å². The van der Waals surface area contributed by atoms with Crippen molar-refractivity contribution in [1.29, 1.82) is 0 Å². The van der Waals surface area contributed by atoms with Gasteiger partial charge in [-0.3, -0.25) is 9.59 Å². The molecular formula is C12H19F2NO5. The third kappa shape index (κ3) is 5.38. The van der Waals surface area contributed by atoms with E-state index in [0.717, 1.165) is 0 Å². The Morgan fingerprint density at radius 2 is 2.00 bits per heavy atom. The highest BCUT2D eigenvalue weighted by atomic mass is 19.3. The maximum atomic E-state index is 11.8. The molecule has 1 saturated heterocycles. The molecule has 0 radical (unpaired) electrons. The van der Waals surface area contributed by atoms with E-state index in [2.05, 4.69) is 10.1 Å². The minimum absolute atomic E-state index is 0.0133. The number of carbonyl (C=O) groups is 2. The summed E-state index contributed by atoms with van der Waals surface area (Å²) in [6.45, 7) is -0.109. The Kier molecular flexibility index (Phi) is 6.80. The fraction of sp³-hybridized carbons (Fsp3) is 0.833. The first-order valence-corrected chi connectivity index (χ1v) is 6.40. The molecule has 0 unspecified atom stereocenters. The average Bonchev–Trinajstić information content (AvgIpc) is 2.42. The molecule has 116 valence electrons. The van der Waals surface area contributed by atoms with E-state index in [0.29, 0.717) is 26.1 Å². The van der Waals surface area contributed by atoms with E-state index in [4.69, 9.17) is 4.74 Å². The van der Waals surface area contributed by atoms with Gasteiger partial charge in [0.15, 0.2) is 0 Å². The SMILES string of the molecule is O=C(CCOCC(F)F)NCC1(C(=O)O)CCOCC1. The molecule has 6 nitrogen and oxygen atoms in total. The lowest BCUT2D eigenvalue weighted by atomic mass is 9.80. The van der Waals surface area contributed by atoms with Crippen LogP contribution in [0.2, 0.25) is 0 Å². The molecule has 1 heterocycles. The van der Waals surface area contributed by atoms with Crippen molar-refractivity contribution in [2.24, 2.45) is 5.41 Å². The number of carbonyl (C=O) groups excluding carboxylic acids is 1. The number of alkyl halides is 2. The number of ether oxygens (including phenoxy) is 2. The van der Waals surface area contributed by atoms with Gasteiger partial charge in [-0.05, 0) is 12.8 Å². The van der Waals surface area contributed by atoms with Crippen LogP contribution in [0.15, 0.2) is 0 Å². The first-order valence-electron chi connectivity index (χ1n) is 6.40. The van der Waals surface area contributed by atoms with Gasteiger partial charge >= 0.3 is 5.97 Å². The molecule has 0 aromatic rings. The fourth-order valence-corrected chi connectivity index (χ4v) is 1.92. The number of carboxylic acid groups (broad SMARTS) is 1. The largest absolute Gasteiger partial charge is 0.481 e. The molecule has 2 N–H and O–H groups in total. The van der Waals surface area contributed by atoms with E-state index in [-0.39, 0.29) is 19.6 Å². The number of amides is 1. The number of rotatable bonds is 8. The van der Waals surface area contributed by atoms with Crippen molar-refractivity contribution in [2.75, 3.05) is 33.0 Å². The molecule has 1 fully saturated rings. The molecule has 1 aliphatic rings. The summed E-state index contributed by atoms with van der Waals surface area (Å²) in [6.07, 6.45) is -1.95. The fourth-order valence-electron chi connectivity index (χ4n) is 1.92. The third-order valence-corrected chi connectivity index (χ3v) is 3.24. The molecule has 8 heteroatoms. The van der Waals surface area contributed by atoms with Crippen LogP contribution in [0.25, 0.3) is 0 Å². The molecule has 20 heavy (non-hydrogen) atoms. The van der Waals surface area contributed by atoms with E-state index in [1.54, 1.807) is 0 Å². The topological polar surface area (TPSA) is 84.9 Å². The highest BCUT2D eigenvalue weighted by Crippen LogP contribution is 2.30. The van der Waals surface area contributed by atoms with Crippen molar-refractivity contribution in [3.63, 3.8) is 0 Å². The molecule has 0 saturated carbocycles. The van der Waals surface area contributed by atoms with E-state index in [9.17, 15) is 23.5 Å². The number of hydrogen-bond acceptors (Lipinski definition) is 4. The van der Waals surface area contributed by atoms with E-state index >= 15 is 0 Å². The molecule has 1 rings (SSSR count). The second kappa shape index (κ2) is 8.11. The van der Waals surface area contributed by atoms with E-state index < -0.39 is 30.3 Å². The zero-order chi connectivity index (χ0) is 15.0. The van der Waals surface area contributed by atoms with Gasteiger partial charge in [0.2, 0.25) is 5.91 Å². The molecule has 0 aromatic carbocycles. The normalized spacial score (nSPS) is 17.9. The van der Waals surface area contributed by atoms with Crippen LogP contribution in [-0.4, -0.2) is 56.4 Å². The highest BCUT2D eigenvalue weighted by Gasteiger charge is 2.40. The number of halogens is 2. The van der Waals surface area contributed by atoms with Crippen LogP contribution in [0.3, 0.4) is 0 Å². The summed E-state index contributed by atoms with van der Waals surface area (Å²) in [5, 5.41) is 11.8. The van der Waals surface area contributed by atoms with Crippen LogP contribution in [0, 0.1) is 5.41 Å². The second-order valence-electron chi connectivity index (χ2n) is 4.69.